The van der Waals surface area contributed by atoms with Gasteiger partial charge in [0.25, 0.3) is 0 Å². The molecule has 0 spiro atoms. The number of benzene rings is 1. The van der Waals surface area contributed by atoms with E-state index < -0.39 is 10.0 Å². The molecule has 8 heteroatoms. The molecule has 7 nitrogen and oxygen atoms in total. The van der Waals surface area contributed by atoms with Crippen molar-refractivity contribution in [3.8, 4) is 0 Å². The summed E-state index contributed by atoms with van der Waals surface area (Å²) in [7, 11) is 0.299. The maximum atomic E-state index is 12.7. The Morgan fingerprint density at radius 2 is 1.92 bits per heavy atom. The average Bonchev–Trinajstić information content (AvgIpc) is 2.56. The SMILES string of the molecule is CNCCCC(=O)Nc1cccc(S(=O)(=O)N2CCN(C)CC2)c1. The highest BCUT2D eigenvalue weighted by atomic mass is 32.2. The Kier molecular flexibility index (Phi) is 6.73. The topological polar surface area (TPSA) is 81.8 Å². The summed E-state index contributed by atoms with van der Waals surface area (Å²) >= 11 is 0. The molecule has 0 unspecified atom stereocenters. The van der Waals surface area contributed by atoms with Crippen LogP contribution in [0.25, 0.3) is 0 Å². The Labute approximate surface area is 144 Å². The minimum Gasteiger partial charge on any atom is -0.326 e. The molecule has 1 heterocycles. The summed E-state index contributed by atoms with van der Waals surface area (Å²) < 4.78 is 27.0. The van der Waals surface area contributed by atoms with Crippen LogP contribution in [0.3, 0.4) is 0 Å². The summed E-state index contributed by atoms with van der Waals surface area (Å²) in [5.74, 6) is -0.112. The number of piperazine rings is 1. The third-order valence-electron chi connectivity index (χ3n) is 4.05. The molecule has 0 aromatic heterocycles. The fourth-order valence-electron chi connectivity index (χ4n) is 2.56. The van der Waals surface area contributed by atoms with Gasteiger partial charge in [-0.15, -0.1) is 0 Å². The minimum atomic E-state index is -3.52. The van der Waals surface area contributed by atoms with E-state index in [1.165, 1.54) is 10.4 Å². The second-order valence-electron chi connectivity index (χ2n) is 5.99. The number of likely N-dealkylation sites (N-methyl/N-ethyl adjacent to an activating group) is 1. The van der Waals surface area contributed by atoms with Gasteiger partial charge in [0, 0.05) is 38.3 Å². The zero-order chi connectivity index (χ0) is 17.6. The molecule has 1 saturated heterocycles. The van der Waals surface area contributed by atoms with Crippen molar-refractivity contribution in [1.29, 1.82) is 0 Å². The zero-order valence-corrected chi connectivity index (χ0v) is 15.1. The van der Waals surface area contributed by atoms with Crippen molar-refractivity contribution < 1.29 is 13.2 Å². The van der Waals surface area contributed by atoms with E-state index in [1.807, 2.05) is 14.1 Å². The summed E-state index contributed by atoms with van der Waals surface area (Å²) in [6.07, 6.45) is 1.14. The van der Waals surface area contributed by atoms with E-state index in [-0.39, 0.29) is 10.8 Å². The highest BCUT2D eigenvalue weighted by molar-refractivity contribution is 7.89. The van der Waals surface area contributed by atoms with E-state index in [9.17, 15) is 13.2 Å². The Morgan fingerprint density at radius 3 is 2.58 bits per heavy atom. The van der Waals surface area contributed by atoms with Crippen molar-refractivity contribution in [2.75, 3.05) is 52.1 Å². The third kappa shape index (κ3) is 5.01. The van der Waals surface area contributed by atoms with Gasteiger partial charge < -0.3 is 15.5 Å². The molecule has 24 heavy (non-hydrogen) atoms. The predicted octanol–water partition coefficient (Wildman–Crippen LogP) is 0.561. The van der Waals surface area contributed by atoms with Crippen LogP contribution >= 0.6 is 0 Å². The molecule has 0 radical (unpaired) electrons. The molecule has 1 fully saturated rings. The van der Waals surface area contributed by atoms with Crippen LogP contribution in [-0.4, -0.2) is 70.3 Å². The summed E-state index contributed by atoms with van der Waals surface area (Å²) in [5, 5.41) is 5.75. The number of sulfonamides is 1. The second kappa shape index (κ2) is 8.57. The first kappa shape index (κ1) is 18.9. The van der Waals surface area contributed by atoms with E-state index in [4.69, 9.17) is 0 Å². The van der Waals surface area contributed by atoms with Gasteiger partial charge in [0.1, 0.15) is 0 Å². The number of nitrogens with zero attached hydrogens (tertiary/aromatic N) is 2. The van der Waals surface area contributed by atoms with Crippen LogP contribution in [0.5, 0.6) is 0 Å². The van der Waals surface area contributed by atoms with Gasteiger partial charge in [-0.2, -0.15) is 4.31 Å². The van der Waals surface area contributed by atoms with E-state index in [0.717, 1.165) is 26.1 Å². The molecule has 0 bridgehead atoms. The molecule has 2 rings (SSSR count). The summed E-state index contributed by atoms with van der Waals surface area (Å²) in [4.78, 5) is 14.2. The van der Waals surface area contributed by atoms with Crippen molar-refractivity contribution in [2.45, 2.75) is 17.7 Å². The van der Waals surface area contributed by atoms with Gasteiger partial charge in [-0.05, 0) is 45.3 Å². The number of hydrogen-bond donors (Lipinski definition) is 2. The lowest BCUT2D eigenvalue weighted by Gasteiger charge is -2.31. The first-order valence-corrected chi connectivity index (χ1v) is 9.60. The first-order chi connectivity index (χ1) is 11.4. The second-order valence-corrected chi connectivity index (χ2v) is 7.93. The van der Waals surface area contributed by atoms with Crippen LogP contribution in [0.2, 0.25) is 0 Å². The Bertz CT molecular complexity index is 655. The lowest BCUT2D eigenvalue weighted by Crippen LogP contribution is -2.47. The zero-order valence-electron chi connectivity index (χ0n) is 14.3. The van der Waals surface area contributed by atoms with Gasteiger partial charge in [0.2, 0.25) is 15.9 Å². The molecular weight excluding hydrogens is 328 g/mol. The standard InChI is InChI=1S/C16H26N4O3S/c1-17-8-4-7-16(21)18-14-5-3-6-15(13-14)24(22,23)20-11-9-19(2)10-12-20/h3,5-6,13,17H,4,7-12H2,1-2H3,(H,18,21). The summed E-state index contributed by atoms with van der Waals surface area (Å²) in [6, 6.07) is 6.47. The van der Waals surface area contributed by atoms with Crippen LogP contribution in [0.1, 0.15) is 12.8 Å². The molecule has 2 N–H and O–H groups in total. The maximum absolute atomic E-state index is 12.7. The minimum absolute atomic E-state index is 0.112. The van der Waals surface area contributed by atoms with Crippen LogP contribution in [0.15, 0.2) is 29.2 Å². The highest BCUT2D eigenvalue weighted by Crippen LogP contribution is 2.21. The van der Waals surface area contributed by atoms with Gasteiger partial charge in [0.05, 0.1) is 4.90 Å². The number of hydrogen-bond acceptors (Lipinski definition) is 5. The van der Waals surface area contributed by atoms with Gasteiger partial charge in [-0.3, -0.25) is 4.79 Å². The van der Waals surface area contributed by atoms with Crippen LogP contribution < -0.4 is 10.6 Å². The van der Waals surface area contributed by atoms with Crippen LogP contribution in [-0.2, 0) is 14.8 Å². The van der Waals surface area contributed by atoms with E-state index in [2.05, 4.69) is 15.5 Å². The quantitative estimate of drug-likeness (QED) is 0.700. The van der Waals surface area contributed by atoms with Crippen molar-refractivity contribution in [2.24, 2.45) is 0 Å². The monoisotopic (exact) mass is 354 g/mol. The molecule has 1 aromatic carbocycles. The Balaban J connectivity index is 2.05. The third-order valence-corrected chi connectivity index (χ3v) is 5.94. The largest absolute Gasteiger partial charge is 0.326 e. The number of carbonyl (C=O) groups is 1. The van der Waals surface area contributed by atoms with E-state index >= 15 is 0 Å². The number of anilines is 1. The molecular formula is C16H26N4O3S. The highest BCUT2D eigenvalue weighted by Gasteiger charge is 2.27. The predicted molar refractivity (Wildman–Crippen MR) is 94.5 cm³/mol. The molecule has 1 amide bonds. The van der Waals surface area contributed by atoms with Crippen molar-refractivity contribution in [3.05, 3.63) is 24.3 Å². The van der Waals surface area contributed by atoms with Gasteiger partial charge in [-0.1, -0.05) is 6.07 Å². The fraction of sp³-hybridized carbons (Fsp3) is 0.562. The average molecular weight is 354 g/mol. The smallest absolute Gasteiger partial charge is 0.243 e. The fourth-order valence-corrected chi connectivity index (χ4v) is 4.03. The lowest BCUT2D eigenvalue weighted by molar-refractivity contribution is -0.116. The van der Waals surface area contributed by atoms with Crippen molar-refractivity contribution in [3.63, 3.8) is 0 Å². The van der Waals surface area contributed by atoms with Crippen LogP contribution in [0, 0.1) is 0 Å². The molecule has 1 aliphatic rings. The molecule has 0 atom stereocenters. The summed E-state index contributed by atoms with van der Waals surface area (Å²) in [5.41, 5.74) is 0.514. The summed E-state index contributed by atoms with van der Waals surface area (Å²) in [6.45, 7) is 3.19. The van der Waals surface area contributed by atoms with Crippen molar-refractivity contribution >= 4 is 21.6 Å². The molecule has 1 aromatic rings. The number of amides is 1. The number of rotatable bonds is 7. The van der Waals surface area contributed by atoms with E-state index in [1.54, 1.807) is 18.2 Å². The molecule has 0 saturated carbocycles. The maximum Gasteiger partial charge on any atom is 0.243 e. The Hall–Kier alpha value is -1.48. The first-order valence-electron chi connectivity index (χ1n) is 8.16. The van der Waals surface area contributed by atoms with Crippen molar-refractivity contribution in [1.82, 2.24) is 14.5 Å². The van der Waals surface area contributed by atoms with Crippen LogP contribution in [0.4, 0.5) is 5.69 Å². The molecule has 134 valence electrons. The molecule has 0 aliphatic carbocycles. The van der Waals surface area contributed by atoms with Gasteiger partial charge in [0.15, 0.2) is 0 Å². The van der Waals surface area contributed by atoms with E-state index in [0.29, 0.717) is 25.2 Å². The van der Waals surface area contributed by atoms with Gasteiger partial charge in [-0.25, -0.2) is 8.42 Å². The number of nitrogens with one attached hydrogen (secondary N) is 2. The molecule has 1 aliphatic heterocycles. The Morgan fingerprint density at radius 1 is 1.21 bits per heavy atom. The normalized spacial score (nSPS) is 16.9. The lowest BCUT2D eigenvalue weighted by atomic mass is 10.2. The number of carbonyl (C=O) groups excluding carboxylic acids is 1. The van der Waals surface area contributed by atoms with Gasteiger partial charge >= 0.3 is 0 Å².